The zero-order valence-electron chi connectivity index (χ0n) is 10.7. The van der Waals surface area contributed by atoms with Gasteiger partial charge in [0.2, 0.25) is 0 Å². The van der Waals surface area contributed by atoms with Gasteiger partial charge in [0.1, 0.15) is 0 Å². The molecule has 1 saturated carbocycles. The van der Waals surface area contributed by atoms with Gasteiger partial charge < -0.3 is 10.1 Å². The molecule has 0 unspecified atom stereocenters. The van der Waals surface area contributed by atoms with Crippen LogP contribution in [0.1, 0.15) is 38.2 Å². The standard InChI is InChI=1S/C15H23NO/c1-2-16-14-10-6-7-11-15(14)17-12-13-8-4-3-5-9-13/h3-5,8-9,14-16H,2,6-7,10-12H2,1H3/t14-,15-/m1/s1. The molecule has 2 nitrogen and oxygen atoms in total. The van der Waals surface area contributed by atoms with Gasteiger partial charge in [0.25, 0.3) is 0 Å². The van der Waals surface area contributed by atoms with E-state index in [1.807, 2.05) is 6.07 Å². The normalized spacial score (nSPS) is 24.8. The average Bonchev–Trinajstić information content (AvgIpc) is 2.39. The molecular formula is C15H23NO. The fraction of sp³-hybridized carbons (Fsp3) is 0.600. The zero-order valence-corrected chi connectivity index (χ0v) is 10.7. The summed E-state index contributed by atoms with van der Waals surface area (Å²) >= 11 is 0. The van der Waals surface area contributed by atoms with Gasteiger partial charge in [0.05, 0.1) is 12.7 Å². The van der Waals surface area contributed by atoms with Gasteiger partial charge in [-0.1, -0.05) is 50.1 Å². The van der Waals surface area contributed by atoms with E-state index in [1.165, 1.54) is 31.2 Å². The Hall–Kier alpha value is -0.860. The maximum Gasteiger partial charge on any atom is 0.0732 e. The highest BCUT2D eigenvalue weighted by atomic mass is 16.5. The summed E-state index contributed by atoms with van der Waals surface area (Å²) < 4.78 is 6.07. The molecule has 1 aliphatic rings. The average molecular weight is 233 g/mol. The first-order valence-electron chi connectivity index (χ1n) is 6.79. The van der Waals surface area contributed by atoms with Crippen LogP contribution in [-0.4, -0.2) is 18.7 Å². The smallest absolute Gasteiger partial charge is 0.0732 e. The van der Waals surface area contributed by atoms with Crippen molar-refractivity contribution in [1.29, 1.82) is 0 Å². The summed E-state index contributed by atoms with van der Waals surface area (Å²) in [5, 5.41) is 3.55. The molecule has 0 bridgehead atoms. The van der Waals surface area contributed by atoms with Crippen molar-refractivity contribution in [3.63, 3.8) is 0 Å². The second-order valence-corrected chi connectivity index (χ2v) is 4.78. The molecule has 0 radical (unpaired) electrons. The molecule has 1 aromatic carbocycles. The molecule has 2 heteroatoms. The third kappa shape index (κ3) is 3.83. The van der Waals surface area contributed by atoms with Gasteiger partial charge in [-0.2, -0.15) is 0 Å². The number of rotatable bonds is 5. The van der Waals surface area contributed by atoms with Crippen LogP contribution < -0.4 is 5.32 Å². The molecule has 1 fully saturated rings. The van der Waals surface area contributed by atoms with Crippen molar-refractivity contribution < 1.29 is 4.74 Å². The Morgan fingerprint density at radius 2 is 1.94 bits per heavy atom. The van der Waals surface area contributed by atoms with Crippen LogP contribution in [0.2, 0.25) is 0 Å². The molecule has 0 heterocycles. The van der Waals surface area contributed by atoms with Crippen LogP contribution in [0, 0.1) is 0 Å². The second-order valence-electron chi connectivity index (χ2n) is 4.78. The largest absolute Gasteiger partial charge is 0.372 e. The summed E-state index contributed by atoms with van der Waals surface area (Å²) in [6.45, 7) is 3.95. The molecule has 2 rings (SSSR count). The van der Waals surface area contributed by atoms with Crippen LogP contribution in [-0.2, 0) is 11.3 Å². The Balaban J connectivity index is 1.84. The van der Waals surface area contributed by atoms with Crippen LogP contribution in [0.4, 0.5) is 0 Å². The molecule has 0 saturated heterocycles. The van der Waals surface area contributed by atoms with Gasteiger partial charge in [-0.25, -0.2) is 0 Å². The summed E-state index contributed by atoms with van der Waals surface area (Å²) in [6.07, 6.45) is 5.49. The topological polar surface area (TPSA) is 21.3 Å². The lowest BCUT2D eigenvalue weighted by atomic mass is 9.92. The van der Waals surface area contributed by atoms with Crippen molar-refractivity contribution in [3.8, 4) is 0 Å². The Labute approximate surface area is 104 Å². The quantitative estimate of drug-likeness (QED) is 0.843. The van der Waals surface area contributed by atoms with E-state index in [4.69, 9.17) is 4.74 Å². The predicted molar refractivity (Wildman–Crippen MR) is 71.0 cm³/mol. The highest BCUT2D eigenvalue weighted by Gasteiger charge is 2.24. The van der Waals surface area contributed by atoms with E-state index < -0.39 is 0 Å². The number of likely N-dealkylation sites (N-methyl/N-ethyl adjacent to an activating group) is 1. The van der Waals surface area contributed by atoms with E-state index in [0.717, 1.165) is 13.2 Å². The molecule has 0 aliphatic heterocycles. The van der Waals surface area contributed by atoms with Gasteiger partial charge >= 0.3 is 0 Å². The molecular weight excluding hydrogens is 210 g/mol. The van der Waals surface area contributed by atoms with Crippen molar-refractivity contribution in [2.45, 2.75) is 51.4 Å². The molecule has 0 spiro atoms. The fourth-order valence-corrected chi connectivity index (χ4v) is 2.57. The van der Waals surface area contributed by atoms with E-state index in [2.05, 4.69) is 36.5 Å². The maximum atomic E-state index is 6.07. The van der Waals surface area contributed by atoms with Gasteiger partial charge in [0.15, 0.2) is 0 Å². The fourth-order valence-electron chi connectivity index (χ4n) is 2.57. The third-order valence-corrected chi connectivity index (χ3v) is 3.48. The van der Waals surface area contributed by atoms with Gasteiger partial charge in [-0.15, -0.1) is 0 Å². The van der Waals surface area contributed by atoms with Gasteiger partial charge in [-0.3, -0.25) is 0 Å². The Bertz CT molecular complexity index is 310. The Kier molecular flexibility index (Phi) is 5.02. The van der Waals surface area contributed by atoms with Gasteiger partial charge in [-0.05, 0) is 24.9 Å². The molecule has 1 aromatic rings. The van der Waals surface area contributed by atoms with Crippen molar-refractivity contribution in [3.05, 3.63) is 35.9 Å². The molecule has 17 heavy (non-hydrogen) atoms. The maximum absolute atomic E-state index is 6.07. The minimum Gasteiger partial charge on any atom is -0.372 e. The van der Waals surface area contributed by atoms with E-state index in [9.17, 15) is 0 Å². The number of hydrogen-bond acceptors (Lipinski definition) is 2. The van der Waals surface area contributed by atoms with Crippen molar-refractivity contribution >= 4 is 0 Å². The first-order chi connectivity index (χ1) is 8.40. The highest BCUT2D eigenvalue weighted by molar-refractivity contribution is 5.13. The number of hydrogen-bond donors (Lipinski definition) is 1. The highest BCUT2D eigenvalue weighted by Crippen LogP contribution is 2.22. The van der Waals surface area contributed by atoms with E-state index >= 15 is 0 Å². The van der Waals surface area contributed by atoms with Crippen LogP contribution in [0.15, 0.2) is 30.3 Å². The summed E-state index contributed by atoms with van der Waals surface area (Å²) in [5.41, 5.74) is 1.27. The minimum absolute atomic E-state index is 0.393. The number of benzene rings is 1. The van der Waals surface area contributed by atoms with Crippen LogP contribution in [0.25, 0.3) is 0 Å². The van der Waals surface area contributed by atoms with Crippen molar-refractivity contribution in [2.24, 2.45) is 0 Å². The lowest BCUT2D eigenvalue weighted by molar-refractivity contribution is -0.00503. The Morgan fingerprint density at radius 3 is 2.71 bits per heavy atom. The SMILES string of the molecule is CCN[C@@H]1CCCC[C@H]1OCc1ccccc1. The van der Waals surface area contributed by atoms with Crippen LogP contribution in [0.5, 0.6) is 0 Å². The minimum atomic E-state index is 0.393. The third-order valence-electron chi connectivity index (χ3n) is 3.48. The molecule has 0 aromatic heterocycles. The predicted octanol–water partition coefficient (Wildman–Crippen LogP) is 3.12. The molecule has 1 aliphatic carbocycles. The summed E-state index contributed by atoms with van der Waals surface area (Å²) in [6, 6.07) is 11.0. The zero-order chi connectivity index (χ0) is 11.9. The first kappa shape index (κ1) is 12.6. The van der Waals surface area contributed by atoms with Crippen LogP contribution >= 0.6 is 0 Å². The molecule has 0 amide bonds. The van der Waals surface area contributed by atoms with Crippen molar-refractivity contribution in [1.82, 2.24) is 5.32 Å². The van der Waals surface area contributed by atoms with E-state index in [0.29, 0.717) is 12.1 Å². The van der Waals surface area contributed by atoms with E-state index in [1.54, 1.807) is 0 Å². The van der Waals surface area contributed by atoms with E-state index in [-0.39, 0.29) is 0 Å². The first-order valence-corrected chi connectivity index (χ1v) is 6.79. The molecule has 1 N–H and O–H groups in total. The monoisotopic (exact) mass is 233 g/mol. The lowest BCUT2D eigenvalue weighted by Gasteiger charge is -2.32. The number of nitrogens with one attached hydrogen (secondary N) is 1. The number of ether oxygens (including phenoxy) is 1. The molecule has 94 valence electrons. The summed E-state index contributed by atoms with van der Waals surface area (Å²) in [4.78, 5) is 0. The van der Waals surface area contributed by atoms with Crippen molar-refractivity contribution in [2.75, 3.05) is 6.54 Å². The van der Waals surface area contributed by atoms with Gasteiger partial charge in [0, 0.05) is 6.04 Å². The Morgan fingerprint density at radius 1 is 1.18 bits per heavy atom. The summed E-state index contributed by atoms with van der Waals surface area (Å²) in [5.74, 6) is 0. The van der Waals surface area contributed by atoms with Crippen LogP contribution in [0.3, 0.4) is 0 Å². The lowest BCUT2D eigenvalue weighted by Crippen LogP contribution is -2.43. The molecule has 2 atom stereocenters. The summed E-state index contributed by atoms with van der Waals surface area (Å²) in [7, 11) is 0. The second kappa shape index (κ2) is 6.77.